The molecule has 0 radical (unpaired) electrons. The van der Waals surface area contributed by atoms with E-state index in [2.05, 4.69) is 0 Å². The van der Waals surface area contributed by atoms with Gasteiger partial charge in [0.25, 0.3) is 0 Å². The smallest absolute Gasteiger partial charge is 0.321 e. The van der Waals surface area contributed by atoms with Crippen molar-refractivity contribution in [1.82, 2.24) is 0 Å². The van der Waals surface area contributed by atoms with Gasteiger partial charge in [-0.05, 0) is 0 Å². The quantitative estimate of drug-likeness (QED) is 0.738. The SMILES string of the molecule is N[C@@H](CS(=O)/C(Cl)=C(/Cl)C(Cl)=C(Cl)Cl)C(=O)O. The highest BCUT2D eigenvalue weighted by Crippen LogP contribution is 2.32. The lowest BCUT2D eigenvalue weighted by atomic mass is 10.4. The second-order valence-corrected chi connectivity index (χ2v) is 6.36. The zero-order valence-corrected chi connectivity index (χ0v) is 12.5. The van der Waals surface area contributed by atoms with Crippen molar-refractivity contribution in [1.29, 1.82) is 0 Å². The van der Waals surface area contributed by atoms with Gasteiger partial charge in [-0.25, -0.2) is 0 Å². The summed E-state index contributed by atoms with van der Waals surface area (Å²) in [5.41, 5.74) is 5.18. The molecule has 0 aromatic rings. The number of nitrogens with two attached hydrogens (primary N) is 1. The van der Waals surface area contributed by atoms with Crippen molar-refractivity contribution < 1.29 is 14.1 Å². The van der Waals surface area contributed by atoms with Gasteiger partial charge in [0.2, 0.25) is 0 Å². The van der Waals surface area contributed by atoms with Crippen LogP contribution < -0.4 is 5.73 Å². The highest BCUT2D eigenvalue weighted by molar-refractivity contribution is 7.90. The largest absolute Gasteiger partial charge is 0.480 e. The molecule has 98 valence electrons. The van der Waals surface area contributed by atoms with E-state index < -0.39 is 28.6 Å². The Bertz CT molecular complexity index is 404. The molecule has 0 fully saturated rings. The summed E-state index contributed by atoms with van der Waals surface area (Å²) in [7, 11) is -1.91. The number of carboxylic acids is 1. The van der Waals surface area contributed by atoms with Gasteiger partial charge in [0.15, 0.2) is 0 Å². The topological polar surface area (TPSA) is 80.4 Å². The van der Waals surface area contributed by atoms with Crippen LogP contribution in [0.4, 0.5) is 0 Å². The van der Waals surface area contributed by atoms with Gasteiger partial charge >= 0.3 is 5.97 Å². The molecule has 0 saturated carbocycles. The molecule has 17 heavy (non-hydrogen) atoms. The first-order valence-corrected chi connectivity index (χ1v) is 7.02. The van der Waals surface area contributed by atoms with Crippen LogP contribution >= 0.6 is 58.0 Å². The van der Waals surface area contributed by atoms with Crippen molar-refractivity contribution in [2.45, 2.75) is 6.04 Å². The predicted molar refractivity (Wildman–Crippen MR) is 71.9 cm³/mol. The maximum atomic E-state index is 11.6. The molecule has 1 unspecified atom stereocenters. The van der Waals surface area contributed by atoms with Gasteiger partial charge in [-0.1, -0.05) is 58.0 Å². The Kier molecular flexibility index (Phi) is 8.07. The first kappa shape index (κ1) is 17.5. The van der Waals surface area contributed by atoms with Gasteiger partial charge in [0.05, 0.1) is 26.6 Å². The minimum atomic E-state index is -1.91. The summed E-state index contributed by atoms with van der Waals surface area (Å²) in [5.74, 6) is -1.72. The summed E-state index contributed by atoms with van der Waals surface area (Å²) >= 11 is 27.5. The molecule has 10 heteroatoms. The fraction of sp³-hybridized carbons (Fsp3) is 0.286. The maximum Gasteiger partial charge on any atom is 0.321 e. The van der Waals surface area contributed by atoms with E-state index in [0.29, 0.717) is 0 Å². The van der Waals surface area contributed by atoms with Crippen LogP contribution in [0, 0.1) is 0 Å². The summed E-state index contributed by atoms with van der Waals surface area (Å²) in [6.07, 6.45) is 0. The second kappa shape index (κ2) is 7.84. The Labute approximate surface area is 125 Å². The molecule has 0 aliphatic carbocycles. The Morgan fingerprint density at radius 1 is 1.18 bits per heavy atom. The van der Waals surface area contributed by atoms with Crippen molar-refractivity contribution in [2.75, 3.05) is 5.75 Å². The lowest BCUT2D eigenvalue weighted by molar-refractivity contribution is -0.137. The van der Waals surface area contributed by atoms with Crippen LogP contribution in [0.25, 0.3) is 0 Å². The minimum Gasteiger partial charge on any atom is -0.480 e. The van der Waals surface area contributed by atoms with Gasteiger partial charge in [-0.3, -0.25) is 9.00 Å². The maximum absolute atomic E-state index is 11.6. The van der Waals surface area contributed by atoms with Crippen molar-refractivity contribution in [3.63, 3.8) is 0 Å². The zero-order valence-electron chi connectivity index (χ0n) is 7.92. The highest BCUT2D eigenvalue weighted by Gasteiger charge is 2.20. The lowest BCUT2D eigenvalue weighted by Crippen LogP contribution is -2.35. The molecule has 0 aliphatic rings. The number of hydrogen-bond acceptors (Lipinski definition) is 3. The normalized spacial score (nSPS) is 15.9. The number of allylic oxidation sites excluding steroid dienone is 2. The Morgan fingerprint density at radius 3 is 2.00 bits per heavy atom. The fourth-order valence-electron chi connectivity index (χ4n) is 0.577. The lowest BCUT2D eigenvalue weighted by Gasteiger charge is -2.07. The average Bonchev–Trinajstić information content (AvgIpc) is 2.25. The van der Waals surface area contributed by atoms with Gasteiger partial charge in [-0.2, -0.15) is 0 Å². The van der Waals surface area contributed by atoms with Crippen LogP contribution in [0.1, 0.15) is 0 Å². The van der Waals surface area contributed by atoms with Gasteiger partial charge in [0, 0.05) is 0 Å². The Balaban J connectivity index is 5.00. The van der Waals surface area contributed by atoms with Crippen molar-refractivity contribution in [3.8, 4) is 0 Å². The van der Waals surface area contributed by atoms with Gasteiger partial charge in [-0.15, -0.1) is 0 Å². The summed E-state index contributed by atoms with van der Waals surface area (Å²) in [6.45, 7) is 0. The number of aliphatic carboxylic acids is 1. The second-order valence-electron chi connectivity index (χ2n) is 2.62. The van der Waals surface area contributed by atoms with E-state index in [0.717, 1.165) is 0 Å². The Morgan fingerprint density at radius 2 is 1.65 bits per heavy atom. The van der Waals surface area contributed by atoms with Crippen molar-refractivity contribution in [3.05, 3.63) is 18.9 Å². The molecule has 0 amide bonds. The molecular formula is C7H6Cl5NO3S. The van der Waals surface area contributed by atoms with Gasteiger partial charge < -0.3 is 10.8 Å². The molecule has 0 saturated heterocycles. The van der Waals surface area contributed by atoms with Crippen molar-refractivity contribution >= 4 is 74.8 Å². The minimum absolute atomic E-state index is 0.280. The number of rotatable bonds is 5. The van der Waals surface area contributed by atoms with Gasteiger partial charge in [0.1, 0.15) is 14.9 Å². The molecule has 3 N–H and O–H groups in total. The van der Waals surface area contributed by atoms with E-state index in [1.165, 1.54) is 0 Å². The molecule has 0 rings (SSSR count). The summed E-state index contributed by atoms with van der Waals surface area (Å²) < 4.78 is 10.8. The van der Waals surface area contributed by atoms with E-state index >= 15 is 0 Å². The first-order valence-electron chi connectivity index (χ1n) is 3.81. The third-order valence-electron chi connectivity index (χ3n) is 1.38. The van der Waals surface area contributed by atoms with Crippen LogP contribution in [0.3, 0.4) is 0 Å². The third-order valence-corrected chi connectivity index (χ3v) is 4.98. The van der Waals surface area contributed by atoms with E-state index in [-0.39, 0.29) is 18.9 Å². The molecule has 0 aromatic carbocycles. The molecule has 4 nitrogen and oxygen atoms in total. The Hall–Kier alpha value is 0.510. The molecule has 0 aliphatic heterocycles. The molecule has 0 aromatic heterocycles. The molecule has 0 spiro atoms. The van der Waals surface area contributed by atoms with Crippen LogP contribution in [0.15, 0.2) is 18.9 Å². The van der Waals surface area contributed by atoms with Crippen LogP contribution in [0.2, 0.25) is 0 Å². The van der Waals surface area contributed by atoms with Crippen LogP contribution in [-0.2, 0) is 15.6 Å². The number of halogens is 5. The predicted octanol–water partition coefficient (Wildman–Crippen LogP) is 2.68. The third kappa shape index (κ3) is 5.79. The van der Waals surface area contributed by atoms with Crippen LogP contribution in [0.5, 0.6) is 0 Å². The van der Waals surface area contributed by atoms with E-state index in [1.807, 2.05) is 0 Å². The van der Waals surface area contributed by atoms with E-state index in [4.69, 9.17) is 68.8 Å². The molecule has 0 heterocycles. The molecular weight excluding hydrogens is 355 g/mol. The first-order chi connectivity index (χ1) is 7.68. The van der Waals surface area contributed by atoms with Crippen molar-refractivity contribution in [2.24, 2.45) is 5.73 Å². The monoisotopic (exact) mass is 359 g/mol. The molecule has 2 atom stereocenters. The summed E-state index contributed by atoms with van der Waals surface area (Å²) in [5, 5.41) is 7.92. The zero-order chi connectivity index (χ0) is 13.7. The van der Waals surface area contributed by atoms with E-state index in [9.17, 15) is 9.00 Å². The fourth-order valence-corrected chi connectivity index (χ4v) is 2.61. The number of carbonyl (C=O) groups is 1. The molecule has 0 bridgehead atoms. The summed E-state index contributed by atoms with van der Waals surface area (Å²) in [6, 6.07) is -1.33. The highest BCUT2D eigenvalue weighted by atomic mass is 35.5. The number of carboxylic acid groups (broad SMARTS) is 1. The number of hydrogen-bond donors (Lipinski definition) is 2. The van der Waals surface area contributed by atoms with E-state index in [1.54, 1.807) is 0 Å². The standard InChI is InChI=1S/C7H6Cl5NO3S/c8-3(5(10)11)4(9)6(12)17(16)1-2(13)7(14)15/h2H,1,13H2,(H,14,15)/b6-4+/t2-,17?/m0/s1. The van der Waals surface area contributed by atoms with Crippen LogP contribution in [-0.4, -0.2) is 27.1 Å². The summed E-state index contributed by atoms with van der Waals surface area (Å²) in [4.78, 5) is 10.4. The average molecular weight is 361 g/mol.